The molecular formula is C19H30O2. The molecule has 0 aromatic carbocycles. The van der Waals surface area contributed by atoms with Crippen LogP contribution in [0.3, 0.4) is 0 Å². The normalized spacial score (nSPS) is 17.8. The molecule has 1 rings (SSSR count). The number of ether oxygens (including phenoxy) is 2. The van der Waals surface area contributed by atoms with Crippen molar-refractivity contribution in [2.75, 3.05) is 13.2 Å². The third-order valence-electron chi connectivity index (χ3n) is 3.73. The summed E-state index contributed by atoms with van der Waals surface area (Å²) in [5, 5.41) is 0. The summed E-state index contributed by atoms with van der Waals surface area (Å²) >= 11 is 0. The summed E-state index contributed by atoms with van der Waals surface area (Å²) < 4.78 is 11.0. The maximum Gasteiger partial charge on any atom is 0.158 e. The van der Waals surface area contributed by atoms with Gasteiger partial charge in [-0.15, -0.1) is 18.3 Å². The van der Waals surface area contributed by atoms with E-state index in [4.69, 9.17) is 15.9 Å². The van der Waals surface area contributed by atoms with Gasteiger partial charge in [0.15, 0.2) is 6.29 Å². The molecule has 2 heteroatoms. The zero-order valence-corrected chi connectivity index (χ0v) is 13.4. The van der Waals surface area contributed by atoms with Crippen molar-refractivity contribution >= 4 is 0 Å². The standard InChI is InChI=1S/C19H30O2/c1-2-3-4-5-6-7-8-9-10-11-12-14-17-20-19-16-13-15-18-21-19/h1,19H,3-11,13,15-18H2. The molecule has 1 unspecified atom stereocenters. The van der Waals surface area contributed by atoms with E-state index in [2.05, 4.69) is 17.8 Å². The van der Waals surface area contributed by atoms with Gasteiger partial charge in [-0.3, -0.25) is 0 Å². The SMILES string of the molecule is C#CCCCCCCCCCC#CCOC1CCCCO1. The number of hydrogen-bond acceptors (Lipinski definition) is 2. The number of rotatable bonds is 10. The molecule has 1 heterocycles. The number of unbranched alkanes of at least 4 members (excludes halogenated alkanes) is 8. The van der Waals surface area contributed by atoms with Crippen molar-refractivity contribution in [2.45, 2.75) is 83.3 Å². The van der Waals surface area contributed by atoms with E-state index in [0.29, 0.717) is 6.61 Å². The lowest BCUT2D eigenvalue weighted by atomic mass is 10.1. The van der Waals surface area contributed by atoms with E-state index >= 15 is 0 Å². The fourth-order valence-electron chi connectivity index (χ4n) is 2.44. The third-order valence-corrected chi connectivity index (χ3v) is 3.73. The molecule has 21 heavy (non-hydrogen) atoms. The summed E-state index contributed by atoms with van der Waals surface area (Å²) in [7, 11) is 0. The molecule has 1 aliphatic heterocycles. The molecule has 0 aromatic rings. The van der Waals surface area contributed by atoms with Gasteiger partial charge in [0.05, 0.1) is 0 Å². The summed E-state index contributed by atoms with van der Waals surface area (Å²) in [6.45, 7) is 1.35. The smallest absolute Gasteiger partial charge is 0.158 e. The molecule has 0 N–H and O–H groups in total. The topological polar surface area (TPSA) is 18.5 Å². The predicted molar refractivity (Wildman–Crippen MR) is 87.7 cm³/mol. The zero-order valence-electron chi connectivity index (χ0n) is 13.4. The Balaban J connectivity index is 1.79. The Bertz CT molecular complexity index is 326. The molecule has 0 bridgehead atoms. The van der Waals surface area contributed by atoms with E-state index in [0.717, 1.165) is 32.3 Å². The molecule has 1 atom stereocenters. The highest BCUT2D eigenvalue weighted by atomic mass is 16.7. The molecular weight excluding hydrogens is 260 g/mol. The first-order valence-corrected chi connectivity index (χ1v) is 8.56. The minimum atomic E-state index is -0.0116. The van der Waals surface area contributed by atoms with Crippen LogP contribution in [0.5, 0.6) is 0 Å². The second kappa shape index (κ2) is 14.0. The summed E-state index contributed by atoms with van der Waals surface area (Å²) in [5.41, 5.74) is 0. The van der Waals surface area contributed by atoms with Gasteiger partial charge in [0.25, 0.3) is 0 Å². The van der Waals surface area contributed by atoms with Gasteiger partial charge in [0.1, 0.15) is 6.61 Å². The van der Waals surface area contributed by atoms with Crippen molar-refractivity contribution in [3.05, 3.63) is 0 Å². The Morgan fingerprint density at radius 3 is 2.29 bits per heavy atom. The van der Waals surface area contributed by atoms with Crippen LogP contribution in [-0.4, -0.2) is 19.5 Å². The predicted octanol–water partition coefficient (Wildman–Crippen LogP) is 4.68. The van der Waals surface area contributed by atoms with Gasteiger partial charge >= 0.3 is 0 Å². The Hall–Kier alpha value is -0.960. The quantitative estimate of drug-likeness (QED) is 0.430. The van der Waals surface area contributed by atoms with Crippen LogP contribution < -0.4 is 0 Å². The van der Waals surface area contributed by atoms with Gasteiger partial charge in [0.2, 0.25) is 0 Å². The molecule has 1 fully saturated rings. The fourth-order valence-corrected chi connectivity index (χ4v) is 2.44. The zero-order chi connectivity index (χ0) is 15.0. The minimum absolute atomic E-state index is 0.0116. The summed E-state index contributed by atoms with van der Waals surface area (Å²) in [5.74, 6) is 8.97. The van der Waals surface area contributed by atoms with Crippen LogP contribution in [0.15, 0.2) is 0 Å². The molecule has 0 spiro atoms. The lowest BCUT2D eigenvalue weighted by molar-refractivity contribution is -0.154. The van der Waals surface area contributed by atoms with Crippen LogP contribution in [0.2, 0.25) is 0 Å². The second-order valence-corrected chi connectivity index (χ2v) is 5.64. The minimum Gasteiger partial charge on any atom is -0.353 e. The van der Waals surface area contributed by atoms with Gasteiger partial charge in [-0.25, -0.2) is 0 Å². The van der Waals surface area contributed by atoms with E-state index < -0.39 is 0 Å². The molecule has 2 nitrogen and oxygen atoms in total. The van der Waals surface area contributed by atoms with Crippen molar-refractivity contribution < 1.29 is 9.47 Å². The first-order chi connectivity index (χ1) is 10.4. The van der Waals surface area contributed by atoms with Crippen LogP contribution in [0.4, 0.5) is 0 Å². The maximum absolute atomic E-state index is 5.56. The Kier molecular flexibility index (Phi) is 12.1. The lowest BCUT2D eigenvalue weighted by Gasteiger charge is -2.21. The average molecular weight is 290 g/mol. The molecule has 118 valence electrons. The van der Waals surface area contributed by atoms with Crippen LogP contribution in [0, 0.1) is 24.2 Å². The largest absolute Gasteiger partial charge is 0.353 e. The third kappa shape index (κ3) is 11.4. The maximum atomic E-state index is 5.56. The molecule has 1 aliphatic rings. The van der Waals surface area contributed by atoms with Crippen LogP contribution in [-0.2, 0) is 9.47 Å². The second-order valence-electron chi connectivity index (χ2n) is 5.64. The number of terminal acetylenes is 1. The first-order valence-electron chi connectivity index (χ1n) is 8.56. The lowest BCUT2D eigenvalue weighted by Crippen LogP contribution is -2.22. The number of hydrogen-bond donors (Lipinski definition) is 0. The van der Waals surface area contributed by atoms with Crippen LogP contribution in [0.25, 0.3) is 0 Å². The highest BCUT2D eigenvalue weighted by molar-refractivity contribution is 4.98. The van der Waals surface area contributed by atoms with Crippen molar-refractivity contribution in [3.8, 4) is 24.2 Å². The Labute approximate surface area is 131 Å². The summed E-state index contributed by atoms with van der Waals surface area (Å²) in [6, 6.07) is 0. The fraction of sp³-hybridized carbons (Fsp3) is 0.789. The molecule has 1 saturated heterocycles. The molecule has 0 radical (unpaired) electrons. The van der Waals surface area contributed by atoms with E-state index in [1.54, 1.807) is 0 Å². The van der Waals surface area contributed by atoms with Gasteiger partial charge in [-0.1, -0.05) is 38.0 Å². The van der Waals surface area contributed by atoms with E-state index in [1.165, 1.54) is 51.4 Å². The van der Waals surface area contributed by atoms with E-state index in [1.807, 2.05) is 0 Å². The van der Waals surface area contributed by atoms with Crippen molar-refractivity contribution in [1.82, 2.24) is 0 Å². The summed E-state index contributed by atoms with van der Waals surface area (Å²) in [4.78, 5) is 0. The average Bonchev–Trinajstić information content (AvgIpc) is 2.53. The Morgan fingerprint density at radius 1 is 0.905 bits per heavy atom. The summed E-state index contributed by atoms with van der Waals surface area (Å²) in [6.07, 6.45) is 19.5. The van der Waals surface area contributed by atoms with Crippen LogP contribution >= 0.6 is 0 Å². The van der Waals surface area contributed by atoms with Crippen molar-refractivity contribution in [2.24, 2.45) is 0 Å². The van der Waals surface area contributed by atoms with Gasteiger partial charge in [-0.2, -0.15) is 0 Å². The van der Waals surface area contributed by atoms with E-state index in [-0.39, 0.29) is 6.29 Å². The molecule has 0 aliphatic carbocycles. The molecule has 0 amide bonds. The van der Waals surface area contributed by atoms with Crippen LogP contribution in [0.1, 0.15) is 77.0 Å². The van der Waals surface area contributed by atoms with Gasteiger partial charge < -0.3 is 9.47 Å². The van der Waals surface area contributed by atoms with Crippen molar-refractivity contribution in [1.29, 1.82) is 0 Å². The van der Waals surface area contributed by atoms with E-state index in [9.17, 15) is 0 Å². The molecule has 0 saturated carbocycles. The van der Waals surface area contributed by atoms with Crippen molar-refractivity contribution in [3.63, 3.8) is 0 Å². The first kappa shape index (κ1) is 18.1. The monoisotopic (exact) mass is 290 g/mol. The van der Waals surface area contributed by atoms with Gasteiger partial charge in [0, 0.05) is 19.4 Å². The highest BCUT2D eigenvalue weighted by Gasteiger charge is 2.12. The van der Waals surface area contributed by atoms with Gasteiger partial charge in [-0.05, 0) is 32.1 Å². The molecule has 0 aromatic heterocycles. The Morgan fingerprint density at radius 2 is 1.62 bits per heavy atom. The highest BCUT2D eigenvalue weighted by Crippen LogP contribution is 2.13.